The maximum Gasteiger partial charge on any atom is 0.142 e. The average Bonchev–Trinajstić information content (AvgIpc) is 2.46. The smallest absolute Gasteiger partial charge is 0.142 e. The number of carbonyl (C=O) groups is 1. The summed E-state index contributed by atoms with van der Waals surface area (Å²) in [5.74, 6) is 0.952. The van der Waals surface area contributed by atoms with E-state index in [1.807, 2.05) is 55.6 Å². The Kier molecular flexibility index (Phi) is 4.77. The van der Waals surface area contributed by atoms with E-state index >= 15 is 0 Å². The van der Waals surface area contributed by atoms with Crippen LogP contribution in [0.15, 0.2) is 48.5 Å². The lowest BCUT2D eigenvalue weighted by Gasteiger charge is -2.12. The molecule has 0 heterocycles. The Morgan fingerprint density at radius 1 is 1.10 bits per heavy atom. The van der Waals surface area contributed by atoms with Gasteiger partial charge in [-0.3, -0.25) is 4.79 Å². The number of benzene rings is 2. The van der Waals surface area contributed by atoms with E-state index in [1.54, 1.807) is 6.92 Å². The summed E-state index contributed by atoms with van der Waals surface area (Å²) in [5.41, 5.74) is 3.02. The van der Waals surface area contributed by atoms with Crippen molar-refractivity contribution in [1.29, 1.82) is 0 Å². The lowest BCUT2D eigenvalue weighted by molar-refractivity contribution is -0.116. The minimum Gasteiger partial charge on any atom is -0.487 e. The highest BCUT2D eigenvalue weighted by Crippen LogP contribution is 2.26. The summed E-state index contributed by atoms with van der Waals surface area (Å²) in [6, 6.07) is 15.8. The summed E-state index contributed by atoms with van der Waals surface area (Å²) >= 11 is 0. The second kappa shape index (κ2) is 6.75. The van der Waals surface area contributed by atoms with Gasteiger partial charge in [0.1, 0.15) is 18.1 Å². The first-order chi connectivity index (χ1) is 9.69. The fourth-order valence-electron chi connectivity index (χ4n) is 2.03. The summed E-state index contributed by atoms with van der Waals surface area (Å²) < 4.78 is 5.83. The van der Waals surface area contributed by atoms with Crippen LogP contribution in [0.25, 0.3) is 0 Å². The van der Waals surface area contributed by atoms with E-state index in [4.69, 9.17) is 4.74 Å². The van der Waals surface area contributed by atoms with Crippen molar-refractivity contribution >= 4 is 11.5 Å². The first-order valence-corrected chi connectivity index (χ1v) is 6.66. The van der Waals surface area contributed by atoms with Gasteiger partial charge < -0.3 is 10.1 Å². The molecule has 0 aliphatic rings. The molecule has 1 N–H and O–H groups in total. The van der Waals surface area contributed by atoms with Crippen LogP contribution in [0.1, 0.15) is 18.1 Å². The Labute approximate surface area is 119 Å². The fraction of sp³-hybridized carbons (Fsp3) is 0.235. The minimum atomic E-state index is 0.157. The molecule has 0 atom stereocenters. The van der Waals surface area contributed by atoms with Crippen molar-refractivity contribution in [3.8, 4) is 5.75 Å². The minimum absolute atomic E-state index is 0.157. The molecule has 0 bridgehead atoms. The van der Waals surface area contributed by atoms with Gasteiger partial charge in [0.15, 0.2) is 0 Å². The number of nitrogens with one attached hydrogen (secondary N) is 1. The maximum absolute atomic E-state index is 11.2. The predicted molar refractivity (Wildman–Crippen MR) is 81.1 cm³/mol. The zero-order chi connectivity index (χ0) is 14.4. The lowest BCUT2D eigenvalue weighted by atomic mass is 10.1. The Balaban J connectivity index is 2.09. The number of anilines is 1. The Hall–Kier alpha value is -2.29. The molecule has 0 aromatic heterocycles. The molecule has 0 aliphatic carbocycles. The molecule has 0 amide bonds. The molecular weight excluding hydrogens is 250 g/mol. The van der Waals surface area contributed by atoms with Crippen LogP contribution in [-0.2, 0) is 17.8 Å². The van der Waals surface area contributed by atoms with Gasteiger partial charge in [0.25, 0.3) is 0 Å². The molecule has 3 heteroatoms. The summed E-state index contributed by atoms with van der Waals surface area (Å²) in [4.78, 5) is 11.2. The van der Waals surface area contributed by atoms with Crippen LogP contribution in [0.4, 0.5) is 5.69 Å². The van der Waals surface area contributed by atoms with Gasteiger partial charge in [0, 0.05) is 13.5 Å². The van der Waals surface area contributed by atoms with Crippen molar-refractivity contribution in [2.24, 2.45) is 0 Å². The quantitative estimate of drug-likeness (QED) is 0.873. The van der Waals surface area contributed by atoms with Crippen molar-refractivity contribution in [3.63, 3.8) is 0 Å². The van der Waals surface area contributed by atoms with Crippen LogP contribution in [0.3, 0.4) is 0 Å². The van der Waals surface area contributed by atoms with Crippen molar-refractivity contribution in [1.82, 2.24) is 0 Å². The molecule has 0 aliphatic heterocycles. The zero-order valence-electron chi connectivity index (χ0n) is 11.8. The summed E-state index contributed by atoms with van der Waals surface area (Å²) in [5, 5.41) is 3.11. The second-order valence-corrected chi connectivity index (χ2v) is 4.73. The molecule has 104 valence electrons. The van der Waals surface area contributed by atoms with Crippen molar-refractivity contribution < 1.29 is 9.53 Å². The van der Waals surface area contributed by atoms with Crippen LogP contribution in [0, 0.1) is 0 Å². The predicted octanol–water partition coefficient (Wildman–Crippen LogP) is 3.44. The molecule has 0 spiro atoms. The van der Waals surface area contributed by atoms with Crippen LogP contribution >= 0.6 is 0 Å². The Morgan fingerprint density at radius 3 is 2.50 bits per heavy atom. The number of hydrogen-bond acceptors (Lipinski definition) is 3. The highest BCUT2D eigenvalue weighted by Gasteiger charge is 2.06. The molecule has 3 nitrogen and oxygen atoms in total. The highest BCUT2D eigenvalue weighted by atomic mass is 16.5. The van der Waals surface area contributed by atoms with Crippen LogP contribution in [-0.4, -0.2) is 12.8 Å². The topological polar surface area (TPSA) is 38.3 Å². The third-order valence-electron chi connectivity index (χ3n) is 3.00. The van der Waals surface area contributed by atoms with Crippen LogP contribution < -0.4 is 10.1 Å². The zero-order valence-corrected chi connectivity index (χ0v) is 11.8. The van der Waals surface area contributed by atoms with Crippen molar-refractivity contribution in [2.45, 2.75) is 20.0 Å². The third-order valence-corrected chi connectivity index (χ3v) is 3.00. The molecular formula is C17H19NO2. The third kappa shape index (κ3) is 3.85. The molecule has 0 saturated carbocycles. The van der Waals surface area contributed by atoms with E-state index in [0.717, 1.165) is 22.6 Å². The van der Waals surface area contributed by atoms with E-state index in [0.29, 0.717) is 13.0 Å². The normalized spacial score (nSPS) is 10.1. The molecule has 20 heavy (non-hydrogen) atoms. The molecule has 2 rings (SSSR count). The van der Waals surface area contributed by atoms with E-state index in [2.05, 4.69) is 5.32 Å². The van der Waals surface area contributed by atoms with E-state index in [9.17, 15) is 4.79 Å². The first-order valence-electron chi connectivity index (χ1n) is 6.66. The van der Waals surface area contributed by atoms with Gasteiger partial charge in [-0.1, -0.05) is 36.4 Å². The number of hydrogen-bond donors (Lipinski definition) is 1. The Morgan fingerprint density at radius 2 is 1.85 bits per heavy atom. The number of carbonyl (C=O) groups excluding carboxylic acids is 1. The monoisotopic (exact) mass is 269 g/mol. The fourth-order valence-corrected chi connectivity index (χ4v) is 2.03. The van der Waals surface area contributed by atoms with Crippen molar-refractivity contribution in [2.75, 3.05) is 12.4 Å². The second-order valence-electron chi connectivity index (χ2n) is 4.73. The van der Waals surface area contributed by atoms with E-state index in [-0.39, 0.29) is 5.78 Å². The lowest BCUT2D eigenvalue weighted by Crippen LogP contribution is -2.01. The number of ether oxygens (including phenoxy) is 1. The van der Waals surface area contributed by atoms with E-state index in [1.165, 1.54) is 0 Å². The van der Waals surface area contributed by atoms with Gasteiger partial charge in [-0.15, -0.1) is 0 Å². The van der Waals surface area contributed by atoms with Gasteiger partial charge in [-0.2, -0.15) is 0 Å². The largest absolute Gasteiger partial charge is 0.487 e. The summed E-state index contributed by atoms with van der Waals surface area (Å²) in [6.07, 6.45) is 0.452. The number of rotatable bonds is 6. The van der Waals surface area contributed by atoms with Crippen LogP contribution in [0.2, 0.25) is 0 Å². The average molecular weight is 269 g/mol. The SMILES string of the molecule is CNc1cc(CC(C)=O)ccc1OCc1ccccc1. The van der Waals surface area contributed by atoms with Gasteiger partial charge in [0.2, 0.25) is 0 Å². The first kappa shape index (κ1) is 14.1. The Bertz CT molecular complexity index is 579. The molecule has 0 saturated heterocycles. The molecule has 0 radical (unpaired) electrons. The van der Waals surface area contributed by atoms with Gasteiger partial charge in [0.05, 0.1) is 5.69 Å². The van der Waals surface area contributed by atoms with Gasteiger partial charge in [-0.05, 0) is 30.2 Å². The highest BCUT2D eigenvalue weighted by molar-refractivity contribution is 5.78. The van der Waals surface area contributed by atoms with Gasteiger partial charge in [-0.25, -0.2) is 0 Å². The van der Waals surface area contributed by atoms with Crippen LogP contribution in [0.5, 0.6) is 5.75 Å². The van der Waals surface area contributed by atoms with E-state index < -0.39 is 0 Å². The van der Waals surface area contributed by atoms with Gasteiger partial charge >= 0.3 is 0 Å². The summed E-state index contributed by atoms with van der Waals surface area (Å²) in [6.45, 7) is 2.13. The molecule has 0 fully saturated rings. The molecule has 0 unspecified atom stereocenters. The maximum atomic E-state index is 11.2. The molecule has 2 aromatic carbocycles. The number of ketones is 1. The molecule has 2 aromatic rings. The summed E-state index contributed by atoms with van der Waals surface area (Å²) in [7, 11) is 1.85. The van der Waals surface area contributed by atoms with Crippen molar-refractivity contribution in [3.05, 3.63) is 59.7 Å². The number of Topliss-reactive ketones (excluding diaryl/α,β-unsaturated/α-hetero) is 1. The standard InChI is InChI=1S/C17H19NO2/c1-13(19)10-15-8-9-17(16(11-15)18-2)20-12-14-6-4-3-5-7-14/h3-9,11,18H,10,12H2,1-2H3.